The lowest BCUT2D eigenvalue weighted by Crippen LogP contribution is -2.34. The van der Waals surface area contributed by atoms with Crippen LogP contribution in [0.25, 0.3) is 10.8 Å². The first-order valence-electron chi connectivity index (χ1n) is 11.3. The molecular formula is C25H28N6O2S. The van der Waals surface area contributed by atoms with Gasteiger partial charge in [0.2, 0.25) is 5.96 Å². The van der Waals surface area contributed by atoms with Crippen molar-refractivity contribution in [3.05, 3.63) is 65.0 Å². The van der Waals surface area contributed by atoms with Gasteiger partial charge in [-0.25, -0.2) is 9.98 Å². The summed E-state index contributed by atoms with van der Waals surface area (Å²) in [6, 6.07) is 8.91. The Morgan fingerprint density at radius 1 is 1.24 bits per heavy atom. The van der Waals surface area contributed by atoms with Crippen LogP contribution in [0.2, 0.25) is 0 Å². The minimum atomic E-state index is -0.397. The maximum atomic E-state index is 11.8. The normalized spacial score (nSPS) is 22.8. The number of nitrogens with zero attached hydrogens (tertiary/aromatic N) is 3. The molecule has 2 amide bonds. The maximum absolute atomic E-state index is 11.8. The molecule has 9 heteroatoms. The number of aliphatic imine (C=N–C) groups is 2. The Bertz CT molecular complexity index is 1180. The highest BCUT2D eigenvalue weighted by Gasteiger charge is 2.25. The molecule has 8 nitrogen and oxygen atoms in total. The van der Waals surface area contributed by atoms with Crippen molar-refractivity contribution in [3.63, 3.8) is 0 Å². The number of hydrogen-bond acceptors (Lipinski definition) is 6. The lowest BCUT2D eigenvalue weighted by molar-refractivity contribution is -0.115. The van der Waals surface area contributed by atoms with Crippen LogP contribution in [0.5, 0.6) is 0 Å². The SMILES string of the molecule is C=NC(=NC1CCC(NCc2cncc3ccccc23)CC1)NC(=C\C)/C=C1\SC(=O)NC1=O. The Morgan fingerprint density at radius 2 is 2.03 bits per heavy atom. The van der Waals surface area contributed by atoms with Gasteiger partial charge in [0.05, 0.1) is 10.9 Å². The van der Waals surface area contributed by atoms with Gasteiger partial charge in [-0.3, -0.25) is 19.9 Å². The largest absolute Gasteiger partial charge is 0.325 e. The molecule has 0 radical (unpaired) electrons. The number of guanidine groups is 1. The van der Waals surface area contributed by atoms with Crippen LogP contribution >= 0.6 is 11.8 Å². The highest BCUT2D eigenvalue weighted by Crippen LogP contribution is 2.25. The van der Waals surface area contributed by atoms with Crippen molar-refractivity contribution in [2.24, 2.45) is 9.98 Å². The van der Waals surface area contributed by atoms with E-state index in [4.69, 9.17) is 4.99 Å². The van der Waals surface area contributed by atoms with Crippen LogP contribution in [-0.4, -0.2) is 40.9 Å². The van der Waals surface area contributed by atoms with E-state index in [1.54, 1.807) is 12.2 Å². The molecule has 2 aliphatic rings. The molecule has 34 heavy (non-hydrogen) atoms. The average Bonchev–Trinajstić information content (AvgIpc) is 3.18. The van der Waals surface area contributed by atoms with E-state index in [1.807, 2.05) is 25.4 Å². The summed E-state index contributed by atoms with van der Waals surface area (Å²) in [4.78, 5) is 36.6. The van der Waals surface area contributed by atoms with Crippen LogP contribution < -0.4 is 16.0 Å². The van der Waals surface area contributed by atoms with Crippen molar-refractivity contribution in [3.8, 4) is 0 Å². The first kappa shape index (κ1) is 23.8. The fraction of sp³-hybridized carbons (Fsp3) is 0.320. The molecule has 1 saturated heterocycles. The summed E-state index contributed by atoms with van der Waals surface area (Å²) in [5.74, 6) is 0.0178. The second-order valence-corrected chi connectivity index (χ2v) is 9.25. The number of carbonyl (C=O) groups is 2. The van der Waals surface area contributed by atoms with Crippen LogP contribution in [0.4, 0.5) is 4.79 Å². The molecule has 2 aromatic rings. The van der Waals surface area contributed by atoms with Gasteiger partial charge < -0.3 is 10.6 Å². The van der Waals surface area contributed by atoms with Crippen LogP contribution in [0, 0.1) is 0 Å². The molecule has 0 bridgehead atoms. The van der Waals surface area contributed by atoms with Gasteiger partial charge in [0.15, 0.2) is 0 Å². The summed E-state index contributed by atoms with van der Waals surface area (Å²) in [7, 11) is 0. The number of rotatable bonds is 6. The monoisotopic (exact) mass is 476 g/mol. The summed E-state index contributed by atoms with van der Waals surface area (Å²) in [6.07, 6.45) is 11.2. The molecular weight excluding hydrogens is 448 g/mol. The van der Waals surface area contributed by atoms with Crippen molar-refractivity contribution < 1.29 is 9.59 Å². The molecule has 1 aromatic carbocycles. The quantitative estimate of drug-likeness (QED) is 0.330. The second kappa shape index (κ2) is 11.2. The minimum absolute atomic E-state index is 0.154. The predicted molar refractivity (Wildman–Crippen MR) is 138 cm³/mol. The molecule has 0 unspecified atom stereocenters. The Balaban J connectivity index is 1.30. The van der Waals surface area contributed by atoms with Crippen LogP contribution in [0.3, 0.4) is 0 Å². The van der Waals surface area contributed by atoms with E-state index in [0.29, 0.717) is 22.6 Å². The summed E-state index contributed by atoms with van der Waals surface area (Å²) < 4.78 is 0. The first-order valence-corrected chi connectivity index (χ1v) is 12.1. The van der Waals surface area contributed by atoms with Crippen LogP contribution in [0.1, 0.15) is 38.2 Å². The number of carbonyl (C=O) groups excluding carboxylic acids is 2. The number of amides is 2. The zero-order valence-electron chi connectivity index (χ0n) is 19.1. The van der Waals surface area contributed by atoms with E-state index in [1.165, 1.54) is 10.9 Å². The molecule has 0 atom stereocenters. The van der Waals surface area contributed by atoms with Crippen molar-refractivity contribution in [1.82, 2.24) is 20.9 Å². The van der Waals surface area contributed by atoms with Gasteiger partial charge >= 0.3 is 0 Å². The topological polar surface area (TPSA) is 108 Å². The number of imide groups is 1. The summed E-state index contributed by atoms with van der Waals surface area (Å²) in [5, 5.41) is 11.1. The van der Waals surface area contributed by atoms with Crippen molar-refractivity contribution in [2.45, 2.75) is 51.2 Å². The molecule has 1 saturated carbocycles. The van der Waals surface area contributed by atoms with E-state index < -0.39 is 5.91 Å². The Labute approximate surface area is 203 Å². The average molecular weight is 477 g/mol. The van der Waals surface area contributed by atoms with Crippen LogP contribution in [0.15, 0.2) is 69.4 Å². The Morgan fingerprint density at radius 3 is 2.74 bits per heavy atom. The second-order valence-electron chi connectivity index (χ2n) is 8.24. The van der Waals surface area contributed by atoms with Gasteiger partial charge in [-0.2, -0.15) is 0 Å². The third kappa shape index (κ3) is 5.98. The zero-order valence-corrected chi connectivity index (χ0v) is 19.9. The van der Waals surface area contributed by atoms with E-state index in [2.05, 4.69) is 50.8 Å². The summed E-state index contributed by atoms with van der Waals surface area (Å²) in [6.45, 7) is 6.26. The number of thioether (sulfide) groups is 1. The number of allylic oxidation sites excluding steroid dienone is 2. The molecule has 2 fully saturated rings. The predicted octanol–water partition coefficient (Wildman–Crippen LogP) is 4.05. The van der Waals surface area contributed by atoms with Crippen molar-refractivity contribution in [2.75, 3.05) is 0 Å². The number of fused-ring (bicyclic) bond motifs is 1. The molecule has 3 N–H and O–H groups in total. The standard InChI is InChI=1S/C25H28N6O2S/c1-3-18(12-22-23(32)31-25(33)34-22)29-24(26-2)30-20-10-8-19(9-11-20)28-15-17-14-27-13-16-6-4-5-7-21(16)17/h3-7,12-14,19-20,28H,2,8-11,15H2,1H3,(H,29,30)(H,31,32,33)/b18-3-,22-12-. The lowest BCUT2D eigenvalue weighted by Gasteiger charge is -2.27. The Hall–Kier alpha value is -3.30. The van der Waals surface area contributed by atoms with E-state index in [-0.39, 0.29) is 11.3 Å². The van der Waals surface area contributed by atoms with Gasteiger partial charge in [-0.1, -0.05) is 30.3 Å². The third-order valence-electron chi connectivity index (χ3n) is 5.98. The van der Waals surface area contributed by atoms with Crippen molar-refractivity contribution >= 4 is 46.4 Å². The fourth-order valence-corrected chi connectivity index (χ4v) is 4.82. The van der Waals surface area contributed by atoms with Gasteiger partial charge in [-0.05, 0) is 68.1 Å². The molecule has 1 aliphatic carbocycles. The molecule has 176 valence electrons. The lowest BCUT2D eigenvalue weighted by atomic mass is 9.91. The highest BCUT2D eigenvalue weighted by atomic mass is 32.2. The Kier molecular flexibility index (Phi) is 7.87. The number of benzene rings is 1. The molecule has 2 heterocycles. The minimum Gasteiger partial charge on any atom is -0.325 e. The third-order valence-corrected chi connectivity index (χ3v) is 6.79. The fourth-order valence-electron chi connectivity index (χ4n) is 4.15. The maximum Gasteiger partial charge on any atom is 0.290 e. The van der Waals surface area contributed by atoms with Crippen LogP contribution in [-0.2, 0) is 11.3 Å². The van der Waals surface area contributed by atoms with Gasteiger partial charge in [-0.15, -0.1) is 0 Å². The first-order chi connectivity index (χ1) is 16.6. The number of aromatic nitrogens is 1. The van der Waals surface area contributed by atoms with E-state index in [0.717, 1.165) is 49.4 Å². The number of hydrogen-bond donors (Lipinski definition) is 3. The number of nitrogens with one attached hydrogen (secondary N) is 3. The molecule has 1 aromatic heterocycles. The smallest absolute Gasteiger partial charge is 0.290 e. The zero-order chi connectivity index (χ0) is 23.9. The summed E-state index contributed by atoms with van der Waals surface area (Å²) in [5.41, 5.74) is 1.85. The van der Waals surface area contributed by atoms with Crippen molar-refractivity contribution in [1.29, 1.82) is 0 Å². The van der Waals surface area contributed by atoms with E-state index in [9.17, 15) is 9.59 Å². The van der Waals surface area contributed by atoms with E-state index >= 15 is 0 Å². The molecule has 1 aliphatic heterocycles. The molecule has 4 rings (SSSR count). The highest BCUT2D eigenvalue weighted by molar-refractivity contribution is 8.18. The van der Waals surface area contributed by atoms with Gasteiger partial charge in [0.1, 0.15) is 0 Å². The number of pyridine rings is 1. The van der Waals surface area contributed by atoms with Gasteiger partial charge in [0, 0.05) is 36.1 Å². The molecule has 0 spiro atoms. The summed E-state index contributed by atoms with van der Waals surface area (Å²) >= 11 is 0.875. The van der Waals surface area contributed by atoms with Gasteiger partial charge in [0.25, 0.3) is 11.1 Å².